The lowest BCUT2D eigenvalue weighted by molar-refractivity contribution is 0.0522. The van der Waals surface area contributed by atoms with Crippen molar-refractivity contribution in [2.45, 2.75) is 11.8 Å². The molecule has 0 aliphatic carbocycles. The van der Waals surface area contributed by atoms with Gasteiger partial charge in [-0.05, 0) is 25.3 Å². The van der Waals surface area contributed by atoms with Gasteiger partial charge >= 0.3 is 5.97 Å². The van der Waals surface area contributed by atoms with Gasteiger partial charge in [-0.1, -0.05) is 6.07 Å². The van der Waals surface area contributed by atoms with Gasteiger partial charge in [-0.15, -0.1) is 11.8 Å². The summed E-state index contributed by atoms with van der Waals surface area (Å²) in [5.41, 5.74) is 0.478. The SMILES string of the molecule is CCOC(=O)c1cccc(SC)c1OC. The minimum absolute atomic E-state index is 0.342. The Morgan fingerprint density at radius 3 is 2.73 bits per heavy atom. The minimum Gasteiger partial charge on any atom is -0.495 e. The molecule has 0 N–H and O–H groups in total. The molecule has 4 heteroatoms. The normalized spacial score (nSPS) is 9.80. The fourth-order valence-corrected chi connectivity index (χ4v) is 1.85. The zero-order valence-electron chi connectivity index (χ0n) is 9.07. The van der Waals surface area contributed by atoms with Crippen LogP contribution in [0, 0.1) is 0 Å². The van der Waals surface area contributed by atoms with E-state index in [4.69, 9.17) is 9.47 Å². The summed E-state index contributed by atoms with van der Waals surface area (Å²) in [6.45, 7) is 2.15. The molecule has 0 unspecified atom stereocenters. The van der Waals surface area contributed by atoms with E-state index in [2.05, 4.69) is 0 Å². The Morgan fingerprint density at radius 2 is 2.20 bits per heavy atom. The largest absolute Gasteiger partial charge is 0.495 e. The molecule has 1 rings (SSSR count). The van der Waals surface area contributed by atoms with E-state index < -0.39 is 0 Å². The summed E-state index contributed by atoms with van der Waals surface area (Å²) in [5.74, 6) is 0.244. The van der Waals surface area contributed by atoms with Crippen molar-refractivity contribution in [3.8, 4) is 5.75 Å². The second-order valence-corrected chi connectivity index (χ2v) is 3.61. The zero-order chi connectivity index (χ0) is 11.3. The monoisotopic (exact) mass is 226 g/mol. The number of methoxy groups -OCH3 is 1. The standard InChI is InChI=1S/C11H14O3S/c1-4-14-11(12)8-6-5-7-9(15-3)10(8)13-2/h5-7H,4H2,1-3H3. The van der Waals surface area contributed by atoms with Crippen molar-refractivity contribution < 1.29 is 14.3 Å². The number of hydrogen-bond donors (Lipinski definition) is 0. The van der Waals surface area contributed by atoms with Crippen LogP contribution in [0.3, 0.4) is 0 Å². The van der Waals surface area contributed by atoms with Crippen molar-refractivity contribution in [1.29, 1.82) is 0 Å². The van der Waals surface area contributed by atoms with E-state index in [0.717, 1.165) is 4.90 Å². The first-order chi connectivity index (χ1) is 7.24. The van der Waals surface area contributed by atoms with Gasteiger partial charge in [0, 0.05) is 4.90 Å². The van der Waals surface area contributed by atoms with Gasteiger partial charge in [-0.3, -0.25) is 0 Å². The average Bonchev–Trinajstić information content (AvgIpc) is 2.28. The van der Waals surface area contributed by atoms with Crippen LogP contribution in [-0.2, 0) is 4.74 Å². The fourth-order valence-electron chi connectivity index (χ4n) is 1.26. The number of esters is 1. The second-order valence-electron chi connectivity index (χ2n) is 2.76. The van der Waals surface area contributed by atoms with Gasteiger partial charge in [0.05, 0.1) is 13.7 Å². The molecule has 0 bridgehead atoms. The molecule has 0 amide bonds. The molecule has 15 heavy (non-hydrogen) atoms. The molecule has 3 nitrogen and oxygen atoms in total. The maximum Gasteiger partial charge on any atom is 0.341 e. The van der Waals surface area contributed by atoms with Gasteiger partial charge in [0.2, 0.25) is 0 Å². The average molecular weight is 226 g/mol. The number of rotatable bonds is 4. The fraction of sp³-hybridized carbons (Fsp3) is 0.364. The maximum absolute atomic E-state index is 11.6. The van der Waals surface area contributed by atoms with Crippen LogP contribution < -0.4 is 4.74 Å². The Morgan fingerprint density at radius 1 is 1.47 bits per heavy atom. The van der Waals surface area contributed by atoms with E-state index in [9.17, 15) is 4.79 Å². The van der Waals surface area contributed by atoms with Crippen LogP contribution in [0.2, 0.25) is 0 Å². The Kier molecular flexibility index (Phi) is 4.49. The van der Waals surface area contributed by atoms with Crippen LogP contribution in [-0.4, -0.2) is 25.9 Å². The van der Waals surface area contributed by atoms with Crippen LogP contribution in [0.4, 0.5) is 0 Å². The van der Waals surface area contributed by atoms with Gasteiger partial charge in [0.1, 0.15) is 11.3 Å². The van der Waals surface area contributed by atoms with Gasteiger partial charge < -0.3 is 9.47 Å². The predicted molar refractivity (Wildman–Crippen MR) is 60.7 cm³/mol. The lowest BCUT2D eigenvalue weighted by atomic mass is 10.2. The maximum atomic E-state index is 11.6. The summed E-state index contributed by atoms with van der Waals surface area (Å²) in [4.78, 5) is 12.5. The second kappa shape index (κ2) is 5.66. The molecule has 0 aliphatic rings. The van der Waals surface area contributed by atoms with Gasteiger partial charge in [-0.25, -0.2) is 4.79 Å². The van der Waals surface area contributed by atoms with E-state index in [1.54, 1.807) is 20.1 Å². The molecular formula is C11H14O3S. The van der Waals surface area contributed by atoms with E-state index in [1.807, 2.05) is 18.4 Å². The number of para-hydroxylation sites is 1. The van der Waals surface area contributed by atoms with Crippen molar-refractivity contribution in [2.24, 2.45) is 0 Å². The summed E-state index contributed by atoms with van der Waals surface area (Å²) in [6.07, 6.45) is 1.94. The van der Waals surface area contributed by atoms with Crippen molar-refractivity contribution in [3.05, 3.63) is 23.8 Å². The third-order valence-electron chi connectivity index (χ3n) is 1.90. The first kappa shape index (κ1) is 11.9. The van der Waals surface area contributed by atoms with Gasteiger partial charge in [0.15, 0.2) is 0 Å². The predicted octanol–water partition coefficient (Wildman–Crippen LogP) is 2.59. The van der Waals surface area contributed by atoms with Crippen LogP contribution >= 0.6 is 11.8 Å². The van der Waals surface area contributed by atoms with Crippen LogP contribution in [0.25, 0.3) is 0 Å². The number of thioether (sulfide) groups is 1. The van der Waals surface area contributed by atoms with Crippen molar-refractivity contribution in [1.82, 2.24) is 0 Å². The number of benzene rings is 1. The minimum atomic E-state index is -0.342. The lowest BCUT2D eigenvalue weighted by Gasteiger charge is -2.10. The highest BCUT2D eigenvalue weighted by Gasteiger charge is 2.15. The number of carbonyl (C=O) groups is 1. The van der Waals surface area contributed by atoms with E-state index >= 15 is 0 Å². The molecule has 0 aromatic heterocycles. The number of carbonyl (C=O) groups excluding carboxylic acids is 1. The topological polar surface area (TPSA) is 35.5 Å². The molecule has 0 saturated carbocycles. The molecular weight excluding hydrogens is 212 g/mol. The van der Waals surface area contributed by atoms with Crippen LogP contribution in [0.15, 0.2) is 23.1 Å². The zero-order valence-corrected chi connectivity index (χ0v) is 9.89. The molecule has 0 spiro atoms. The highest BCUT2D eigenvalue weighted by molar-refractivity contribution is 7.98. The quantitative estimate of drug-likeness (QED) is 0.584. The van der Waals surface area contributed by atoms with Gasteiger partial charge in [0.25, 0.3) is 0 Å². The summed E-state index contributed by atoms with van der Waals surface area (Å²) in [5, 5.41) is 0. The molecule has 0 heterocycles. The van der Waals surface area contributed by atoms with Crippen molar-refractivity contribution in [2.75, 3.05) is 20.0 Å². The lowest BCUT2D eigenvalue weighted by Crippen LogP contribution is -2.07. The third-order valence-corrected chi connectivity index (χ3v) is 2.66. The molecule has 0 aliphatic heterocycles. The third kappa shape index (κ3) is 2.65. The Hall–Kier alpha value is -1.16. The molecule has 1 aromatic rings. The molecule has 0 fully saturated rings. The van der Waals surface area contributed by atoms with Crippen LogP contribution in [0.1, 0.15) is 17.3 Å². The van der Waals surface area contributed by atoms with Crippen LogP contribution in [0.5, 0.6) is 5.75 Å². The summed E-state index contributed by atoms with van der Waals surface area (Å²) in [7, 11) is 1.55. The molecule has 82 valence electrons. The summed E-state index contributed by atoms with van der Waals surface area (Å²) in [6, 6.07) is 5.43. The summed E-state index contributed by atoms with van der Waals surface area (Å²) < 4.78 is 10.2. The number of ether oxygens (including phenoxy) is 2. The van der Waals surface area contributed by atoms with E-state index in [0.29, 0.717) is 17.9 Å². The van der Waals surface area contributed by atoms with Crippen molar-refractivity contribution >= 4 is 17.7 Å². The molecule has 0 radical (unpaired) electrons. The van der Waals surface area contributed by atoms with Crippen molar-refractivity contribution in [3.63, 3.8) is 0 Å². The molecule has 1 aromatic carbocycles. The van der Waals surface area contributed by atoms with Gasteiger partial charge in [-0.2, -0.15) is 0 Å². The first-order valence-corrected chi connectivity index (χ1v) is 5.85. The van der Waals surface area contributed by atoms with E-state index in [1.165, 1.54) is 11.8 Å². The molecule has 0 saturated heterocycles. The highest BCUT2D eigenvalue weighted by Crippen LogP contribution is 2.31. The van der Waals surface area contributed by atoms with E-state index in [-0.39, 0.29) is 5.97 Å². The summed E-state index contributed by atoms with van der Waals surface area (Å²) >= 11 is 1.54. The Labute approximate surface area is 93.8 Å². The smallest absolute Gasteiger partial charge is 0.341 e. The Balaban J connectivity index is 3.11. The first-order valence-electron chi connectivity index (χ1n) is 4.62. The highest BCUT2D eigenvalue weighted by atomic mass is 32.2. The Bertz CT molecular complexity index is 350. The molecule has 0 atom stereocenters. The number of hydrogen-bond acceptors (Lipinski definition) is 4.